The van der Waals surface area contributed by atoms with Gasteiger partial charge in [0.1, 0.15) is 0 Å². The highest BCUT2D eigenvalue weighted by Crippen LogP contribution is 2.57. The third-order valence-corrected chi connectivity index (χ3v) is 6.25. The largest absolute Gasteiger partial charge is 0.347 e. The van der Waals surface area contributed by atoms with E-state index in [1.807, 2.05) is 11.7 Å². The van der Waals surface area contributed by atoms with Gasteiger partial charge in [0.2, 0.25) is 0 Å². The minimum atomic E-state index is -0.300. The Morgan fingerprint density at radius 2 is 2.10 bits per heavy atom. The monoisotopic (exact) mass is 290 g/mol. The van der Waals surface area contributed by atoms with Gasteiger partial charge in [0.05, 0.1) is 18.9 Å². The molecule has 4 nitrogen and oxygen atoms in total. The summed E-state index contributed by atoms with van der Waals surface area (Å²) in [6, 6.07) is 0. The SMILES string of the molecule is CC[C@H]1[C@@H]2CCc3cn(C)nc3[C@@]2(C)CCC12OCCO2. The Morgan fingerprint density at radius 3 is 2.81 bits per heavy atom. The van der Waals surface area contributed by atoms with Crippen LogP contribution in [0, 0.1) is 11.8 Å². The lowest BCUT2D eigenvalue weighted by molar-refractivity contribution is -0.240. The number of fused-ring (bicyclic) bond motifs is 3. The standard InChI is InChI=1S/C17H26N2O2/c1-4-13-14-6-5-12-11-19(3)18-15(12)16(14,2)7-8-17(13)20-9-10-21-17/h11,13-14H,4-10H2,1-3H3/t13-,14-,16-/m0/s1. The van der Waals surface area contributed by atoms with Gasteiger partial charge >= 0.3 is 0 Å². The zero-order valence-corrected chi connectivity index (χ0v) is 13.4. The van der Waals surface area contributed by atoms with Crippen molar-refractivity contribution >= 4 is 0 Å². The summed E-state index contributed by atoms with van der Waals surface area (Å²) in [6.45, 7) is 6.23. The second kappa shape index (κ2) is 4.56. The lowest BCUT2D eigenvalue weighted by Crippen LogP contribution is -2.56. The van der Waals surface area contributed by atoms with Crippen molar-refractivity contribution in [2.24, 2.45) is 18.9 Å². The van der Waals surface area contributed by atoms with Gasteiger partial charge in [-0.3, -0.25) is 4.68 Å². The van der Waals surface area contributed by atoms with E-state index < -0.39 is 0 Å². The van der Waals surface area contributed by atoms with E-state index in [1.165, 1.54) is 17.7 Å². The van der Waals surface area contributed by atoms with Crippen LogP contribution in [-0.2, 0) is 28.4 Å². The zero-order valence-electron chi connectivity index (χ0n) is 13.4. The Labute approximate surface area is 126 Å². The smallest absolute Gasteiger partial charge is 0.171 e. The summed E-state index contributed by atoms with van der Waals surface area (Å²) in [4.78, 5) is 0. The maximum atomic E-state index is 6.12. The van der Waals surface area contributed by atoms with E-state index in [4.69, 9.17) is 14.6 Å². The highest BCUT2D eigenvalue weighted by molar-refractivity contribution is 5.32. The molecule has 2 heterocycles. The average molecular weight is 290 g/mol. The molecule has 3 aliphatic rings. The Hall–Kier alpha value is -0.870. The van der Waals surface area contributed by atoms with Crippen molar-refractivity contribution in [1.29, 1.82) is 0 Å². The van der Waals surface area contributed by atoms with E-state index in [0.717, 1.165) is 38.9 Å². The molecule has 0 radical (unpaired) electrons. The van der Waals surface area contributed by atoms with Crippen LogP contribution >= 0.6 is 0 Å². The van der Waals surface area contributed by atoms with Crippen LogP contribution in [0.1, 0.15) is 50.8 Å². The molecular weight excluding hydrogens is 264 g/mol. The van der Waals surface area contributed by atoms with E-state index in [2.05, 4.69) is 20.0 Å². The van der Waals surface area contributed by atoms with E-state index in [9.17, 15) is 0 Å². The van der Waals surface area contributed by atoms with Gasteiger partial charge in [-0.15, -0.1) is 0 Å². The molecule has 1 saturated heterocycles. The fourth-order valence-corrected chi connectivity index (χ4v) is 5.31. The van der Waals surface area contributed by atoms with Gasteiger partial charge in [-0.25, -0.2) is 0 Å². The van der Waals surface area contributed by atoms with Crippen LogP contribution in [0.25, 0.3) is 0 Å². The van der Waals surface area contributed by atoms with E-state index in [-0.39, 0.29) is 11.2 Å². The molecule has 0 N–H and O–H groups in total. The molecule has 1 aromatic heterocycles. The molecule has 0 bridgehead atoms. The number of nitrogens with zero attached hydrogens (tertiary/aromatic N) is 2. The van der Waals surface area contributed by atoms with E-state index in [1.54, 1.807) is 0 Å². The van der Waals surface area contributed by atoms with Crippen molar-refractivity contribution in [3.63, 3.8) is 0 Å². The molecule has 1 aliphatic heterocycles. The number of aromatic nitrogens is 2. The van der Waals surface area contributed by atoms with Crippen LogP contribution in [0.5, 0.6) is 0 Å². The highest BCUT2D eigenvalue weighted by Gasteiger charge is 2.58. The Bertz CT molecular complexity index is 547. The Kier molecular flexibility index (Phi) is 2.99. The highest BCUT2D eigenvalue weighted by atomic mass is 16.7. The molecule has 4 heteroatoms. The van der Waals surface area contributed by atoms with Gasteiger partial charge in [-0.05, 0) is 37.2 Å². The van der Waals surface area contributed by atoms with Gasteiger partial charge in [0.15, 0.2) is 5.79 Å². The molecule has 1 saturated carbocycles. The number of hydrogen-bond acceptors (Lipinski definition) is 3. The molecule has 21 heavy (non-hydrogen) atoms. The first-order valence-corrected chi connectivity index (χ1v) is 8.40. The quantitative estimate of drug-likeness (QED) is 0.798. The molecular formula is C17H26N2O2. The van der Waals surface area contributed by atoms with E-state index in [0.29, 0.717) is 11.8 Å². The van der Waals surface area contributed by atoms with E-state index >= 15 is 0 Å². The summed E-state index contributed by atoms with van der Waals surface area (Å²) in [6.07, 6.45) is 7.86. The lowest BCUT2D eigenvalue weighted by Gasteiger charge is -2.54. The summed E-state index contributed by atoms with van der Waals surface area (Å²) in [5.74, 6) is 0.816. The number of rotatable bonds is 1. The molecule has 3 atom stereocenters. The van der Waals surface area contributed by atoms with Gasteiger partial charge in [0.25, 0.3) is 0 Å². The van der Waals surface area contributed by atoms with Crippen LogP contribution in [-0.4, -0.2) is 28.8 Å². The minimum absolute atomic E-state index is 0.191. The first-order chi connectivity index (χ1) is 10.1. The summed E-state index contributed by atoms with van der Waals surface area (Å²) in [5.41, 5.74) is 2.98. The topological polar surface area (TPSA) is 36.3 Å². The van der Waals surface area contributed by atoms with Crippen molar-refractivity contribution in [2.75, 3.05) is 13.2 Å². The lowest BCUT2D eigenvalue weighted by atomic mass is 9.54. The predicted octanol–water partition coefficient (Wildman–Crippen LogP) is 2.80. The predicted molar refractivity (Wildman–Crippen MR) is 80.0 cm³/mol. The Morgan fingerprint density at radius 1 is 1.33 bits per heavy atom. The molecule has 1 spiro atoms. The van der Waals surface area contributed by atoms with Gasteiger partial charge in [0, 0.05) is 31.0 Å². The summed E-state index contributed by atoms with van der Waals surface area (Å²) < 4.78 is 14.2. The van der Waals surface area contributed by atoms with Crippen molar-refractivity contribution in [1.82, 2.24) is 9.78 Å². The Balaban J connectivity index is 1.76. The first kappa shape index (κ1) is 13.8. The third-order valence-electron chi connectivity index (χ3n) is 6.25. The van der Waals surface area contributed by atoms with Crippen LogP contribution in [0.15, 0.2) is 6.20 Å². The number of aryl methyl sites for hydroxylation is 2. The normalized spacial score (nSPS) is 37.5. The third kappa shape index (κ3) is 1.78. The van der Waals surface area contributed by atoms with Crippen molar-refractivity contribution in [3.8, 4) is 0 Å². The molecule has 0 aromatic carbocycles. The molecule has 1 aromatic rings. The van der Waals surface area contributed by atoms with Crippen molar-refractivity contribution in [2.45, 2.75) is 57.2 Å². The molecule has 116 valence electrons. The minimum Gasteiger partial charge on any atom is -0.347 e. The summed E-state index contributed by atoms with van der Waals surface area (Å²) in [7, 11) is 2.04. The van der Waals surface area contributed by atoms with Crippen LogP contribution in [0.4, 0.5) is 0 Å². The molecule has 0 unspecified atom stereocenters. The second-order valence-corrected chi connectivity index (χ2v) is 7.26. The first-order valence-electron chi connectivity index (χ1n) is 8.40. The molecule has 4 rings (SSSR count). The molecule has 2 aliphatic carbocycles. The van der Waals surface area contributed by atoms with Crippen LogP contribution in [0.2, 0.25) is 0 Å². The van der Waals surface area contributed by atoms with Crippen molar-refractivity contribution < 1.29 is 9.47 Å². The van der Waals surface area contributed by atoms with Crippen molar-refractivity contribution in [3.05, 3.63) is 17.5 Å². The fourth-order valence-electron chi connectivity index (χ4n) is 5.31. The van der Waals surface area contributed by atoms with Gasteiger partial charge < -0.3 is 9.47 Å². The summed E-state index contributed by atoms with van der Waals surface area (Å²) in [5, 5.41) is 4.83. The average Bonchev–Trinajstić information content (AvgIpc) is 3.07. The van der Waals surface area contributed by atoms with Gasteiger partial charge in [-0.2, -0.15) is 5.10 Å². The fraction of sp³-hybridized carbons (Fsp3) is 0.824. The molecule has 0 amide bonds. The number of hydrogen-bond donors (Lipinski definition) is 0. The maximum absolute atomic E-state index is 6.12. The molecule has 2 fully saturated rings. The van der Waals surface area contributed by atoms with Crippen LogP contribution < -0.4 is 0 Å². The van der Waals surface area contributed by atoms with Gasteiger partial charge in [-0.1, -0.05) is 13.8 Å². The maximum Gasteiger partial charge on any atom is 0.171 e. The van der Waals surface area contributed by atoms with Crippen LogP contribution in [0.3, 0.4) is 0 Å². The zero-order chi connectivity index (χ0) is 14.7. The second-order valence-electron chi connectivity index (χ2n) is 7.26. The summed E-state index contributed by atoms with van der Waals surface area (Å²) >= 11 is 0. The number of ether oxygens (including phenoxy) is 2.